The molecule has 0 spiro atoms. The average molecular weight is 654 g/mol. The second kappa shape index (κ2) is 14.5. The van der Waals surface area contributed by atoms with Crippen LogP contribution in [0.15, 0.2) is 42.5 Å². The van der Waals surface area contributed by atoms with E-state index >= 15 is 0 Å². The Hall–Kier alpha value is -4.45. The number of carboxylic acid groups (broad SMARTS) is 1. The van der Waals surface area contributed by atoms with Crippen LogP contribution >= 0.6 is 0 Å². The molecule has 2 aliphatic rings. The fourth-order valence-corrected chi connectivity index (χ4v) is 7.15. The maximum atomic E-state index is 14.4. The van der Waals surface area contributed by atoms with E-state index in [4.69, 9.17) is 14.2 Å². The number of likely N-dealkylation sites (tertiary alicyclic amines) is 1. The molecular weight excluding hydrogens is 609 g/mol. The molecule has 0 radical (unpaired) electrons. The van der Waals surface area contributed by atoms with Crippen molar-refractivity contribution >= 4 is 17.6 Å². The van der Waals surface area contributed by atoms with E-state index in [0.717, 1.165) is 25.7 Å². The first-order chi connectivity index (χ1) is 22.6. The van der Waals surface area contributed by atoms with Crippen molar-refractivity contribution < 1.29 is 43.5 Å². The van der Waals surface area contributed by atoms with Gasteiger partial charge in [0.1, 0.15) is 5.82 Å². The number of ether oxygens (including phenoxy) is 3. The van der Waals surface area contributed by atoms with Crippen LogP contribution in [-0.4, -0.2) is 75.7 Å². The van der Waals surface area contributed by atoms with Crippen LogP contribution in [0.4, 0.5) is 10.1 Å². The summed E-state index contributed by atoms with van der Waals surface area (Å²) in [7, 11) is 1.50. The number of carboxylic acids is 1. The average Bonchev–Trinajstić information content (AvgIpc) is 3.74. The maximum absolute atomic E-state index is 14.4. The highest BCUT2D eigenvalue weighted by Crippen LogP contribution is 2.47. The highest BCUT2D eigenvalue weighted by atomic mass is 19.1. The molecule has 2 aromatic carbocycles. The lowest BCUT2D eigenvalue weighted by Crippen LogP contribution is -2.48. The van der Waals surface area contributed by atoms with E-state index < -0.39 is 23.8 Å². The maximum Gasteiger partial charge on any atom is 0.308 e. The molecule has 1 saturated heterocycles. The Bertz CT molecular complexity index is 1570. The van der Waals surface area contributed by atoms with Gasteiger partial charge in [-0.2, -0.15) is 0 Å². The number of benzene rings is 2. The summed E-state index contributed by atoms with van der Waals surface area (Å²) in [5.41, 5.74) is 1.71. The van der Waals surface area contributed by atoms with Gasteiger partial charge in [-0.1, -0.05) is 26.7 Å². The number of aryl methyl sites for hydroxylation is 1. The molecule has 254 valence electrons. The van der Waals surface area contributed by atoms with Crippen molar-refractivity contribution in [2.45, 2.75) is 77.4 Å². The first-order valence-corrected chi connectivity index (χ1v) is 16.2. The number of aliphatic carboxylic acids is 1. The Morgan fingerprint density at radius 2 is 1.77 bits per heavy atom. The smallest absolute Gasteiger partial charge is 0.308 e. The van der Waals surface area contributed by atoms with Crippen LogP contribution in [0.3, 0.4) is 0 Å². The number of hydrogen-bond donors (Lipinski definition) is 3. The summed E-state index contributed by atoms with van der Waals surface area (Å²) in [6, 6.07) is 10.2. The van der Waals surface area contributed by atoms with Crippen LogP contribution in [0.1, 0.15) is 63.0 Å². The van der Waals surface area contributed by atoms with Crippen molar-refractivity contribution in [3.8, 4) is 29.0 Å². The van der Waals surface area contributed by atoms with Crippen LogP contribution in [-0.2, 0) is 16.1 Å². The number of carbonyl (C=O) groups excluding carboxylic acids is 1. The van der Waals surface area contributed by atoms with E-state index in [1.165, 1.54) is 29.9 Å². The van der Waals surface area contributed by atoms with Crippen LogP contribution in [0, 0.1) is 18.7 Å². The zero-order valence-corrected chi connectivity index (χ0v) is 27.3. The van der Waals surface area contributed by atoms with Gasteiger partial charge in [0.2, 0.25) is 18.4 Å². The molecule has 3 N–H and O–H groups in total. The SMILES string of the molecule is CCCC(CCC)N(C(=O)CN1C[C@H](c2cc(OC)c3c(c2)OCO3)[C@H](C(=O)O)[C@H]1CCn1c(O)ccc1O)c1ccc(F)c(C)c1. The molecule has 12 heteroatoms. The normalized spacial score (nSPS) is 19.0. The van der Waals surface area contributed by atoms with Gasteiger partial charge in [0.15, 0.2) is 23.3 Å². The van der Waals surface area contributed by atoms with Crippen LogP contribution in [0.5, 0.6) is 29.0 Å². The summed E-state index contributed by atoms with van der Waals surface area (Å²) in [4.78, 5) is 31.2. The standard InChI is InChI=1S/C35H44FN3O8/c1-5-7-23(8-6-2)39(24-9-10-26(36)21(3)15-24)32(42)19-37-18-25(22-16-28(45-4)34-29(17-22)46-20-47-34)33(35(43)44)27(37)13-14-38-30(40)11-12-31(38)41/h9-12,15-17,23,25,27,33,40-41H,5-8,13-14,18-20H2,1-4H3,(H,43,44)/t25-,27-,33+/m1/s1. The summed E-state index contributed by atoms with van der Waals surface area (Å²) < 4.78 is 32.4. The minimum Gasteiger partial charge on any atom is -0.494 e. The van der Waals surface area contributed by atoms with Crippen molar-refractivity contribution in [2.24, 2.45) is 5.92 Å². The zero-order valence-electron chi connectivity index (χ0n) is 27.3. The molecular formula is C35H44FN3O8. The molecule has 3 heterocycles. The fourth-order valence-electron chi connectivity index (χ4n) is 7.15. The minimum absolute atomic E-state index is 0.0185. The van der Waals surface area contributed by atoms with Gasteiger partial charge < -0.3 is 34.4 Å². The Morgan fingerprint density at radius 1 is 1.06 bits per heavy atom. The van der Waals surface area contributed by atoms with Gasteiger partial charge in [0.25, 0.3) is 0 Å². The van der Waals surface area contributed by atoms with Crippen molar-refractivity contribution in [3.05, 3.63) is 59.4 Å². The first kappa shape index (κ1) is 33.9. The van der Waals surface area contributed by atoms with Crippen molar-refractivity contribution in [1.82, 2.24) is 9.47 Å². The van der Waals surface area contributed by atoms with E-state index in [2.05, 4.69) is 13.8 Å². The number of aromatic hydroxyl groups is 2. The van der Waals surface area contributed by atoms with E-state index in [0.29, 0.717) is 34.1 Å². The monoisotopic (exact) mass is 653 g/mol. The number of carbonyl (C=O) groups is 2. The van der Waals surface area contributed by atoms with Crippen LogP contribution in [0.2, 0.25) is 0 Å². The molecule has 1 aromatic heterocycles. The Morgan fingerprint density at radius 3 is 2.38 bits per heavy atom. The first-order valence-electron chi connectivity index (χ1n) is 16.2. The van der Waals surface area contributed by atoms with E-state index in [-0.39, 0.29) is 62.4 Å². The number of fused-ring (bicyclic) bond motifs is 1. The molecule has 3 aromatic rings. The van der Waals surface area contributed by atoms with Crippen molar-refractivity contribution in [2.75, 3.05) is 31.9 Å². The van der Waals surface area contributed by atoms with E-state index in [1.807, 2.05) is 4.90 Å². The molecule has 1 amide bonds. The summed E-state index contributed by atoms with van der Waals surface area (Å²) >= 11 is 0. The highest BCUT2D eigenvalue weighted by Gasteiger charge is 2.48. The van der Waals surface area contributed by atoms with Gasteiger partial charge in [-0.3, -0.25) is 19.1 Å². The molecule has 5 rings (SSSR count). The molecule has 1 fully saturated rings. The molecule has 0 aliphatic carbocycles. The minimum atomic E-state index is -1.03. The van der Waals surface area contributed by atoms with Crippen molar-refractivity contribution in [3.63, 3.8) is 0 Å². The third kappa shape index (κ3) is 6.97. The number of hydrogen-bond acceptors (Lipinski definition) is 8. The number of methoxy groups -OCH3 is 1. The predicted molar refractivity (Wildman–Crippen MR) is 173 cm³/mol. The molecule has 0 saturated carbocycles. The molecule has 47 heavy (non-hydrogen) atoms. The second-order valence-electron chi connectivity index (χ2n) is 12.3. The summed E-state index contributed by atoms with van der Waals surface area (Å²) in [6.07, 6.45) is 3.42. The lowest BCUT2D eigenvalue weighted by Gasteiger charge is -2.35. The number of amides is 1. The molecule has 2 aliphatic heterocycles. The van der Waals surface area contributed by atoms with Crippen LogP contribution in [0.25, 0.3) is 0 Å². The third-order valence-corrected chi connectivity index (χ3v) is 9.36. The number of aromatic nitrogens is 1. The van der Waals surface area contributed by atoms with Gasteiger partial charge in [-0.05, 0) is 67.6 Å². The summed E-state index contributed by atoms with van der Waals surface area (Å²) in [5, 5.41) is 31.3. The Balaban J connectivity index is 1.53. The lowest BCUT2D eigenvalue weighted by molar-refractivity contribution is -0.143. The molecule has 11 nitrogen and oxygen atoms in total. The van der Waals surface area contributed by atoms with Gasteiger partial charge >= 0.3 is 5.97 Å². The zero-order chi connectivity index (χ0) is 33.8. The van der Waals surface area contributed by atoms with Gasteiger partial charge in [0, 0.05) is 48.9 Å². The van der Waals surface area contributed by atoms with Gasteiger partial charge in [-0.25, -0.2) is 4.39 Å². The number of rotatable bonds is 14. The van der Waals surface area contributed by atoms with Gasteiger partial charge in [-0.15, -0.1) is 0 Å². The largest absolute Gasteiger partial charge is 0.494 e. The number of halogens is 1. The quantitative estimate of drug-likeness (QED) is 0.202. The predicted octanol–water partition coefficient (Wildman–Crippen LogP) is 5.65. The molecule has 3 atom stereocenters. The Kier molecular flexibility index (Phi) is 10.5. The number of anilines is 1. The summed E-state index contributed by atoms with van der Waals surface area (Å²) in [6.45, 7) is 6.08. The van der Waals surface area contributed by atoms with Crippen LogP contribution < -0.4 is 19.1 Å². The third-order valence-electron chi connectivity index (χ3n) is 9.36. The van der Waals surface area contributed by atoms with E-state index in [9.17, 15) is 29.3 Å². The second-order valence-corrected chi connectivity index (χ2v) is 12.3. The van der Waals surface area contributed by atoms with Crippen molar-refractivity contribution in [1.29, 1.82) is 0 Å². The van der Waals surface area contributed by atoms with E-state index in [1.54, 1.807) is 36.1 Å². The lowest BCUT2D eigenvalue weighted by atomic mass is 9.84. The van der Waals surface area contributed by atoms with Gasteiger partial charge in [0.05, 0.1) is 19.6 Å². The fraction of sp³-hybridized carbons (Fsp3) is 0.486. The highest BCUT2D eigenvalue weighted by molar-refractivity contribution is 5.95. The molecule has 0 bridgehead atoms. The number of nitrogens with zero attached hydrogens (tertiary/aromatic N) is 3. The molecule has 0 unspecified atom stereocenters. The summed E-state index contributed by atoms with van der Waals surface area (Å²) in [5.74, 6) is -2.07. The Labute approximate surface area is 274 Å². The topological polar surface area (TPSA) is 134 Å².